The molecule has 3 nitrogen and oxygen atoms in total. The average molecular weight is 307 g/mol. The highest BCUT2D eigenvalue weighted by molar-refractivity contribution is 9.10. The number of nitrogens with one attached hydrogen (secondary N) is 1. The van der Waals surface area contributed by atoms with Gasteiger partial charge in [-0.1, -0.05) is 12.1 Å². The molecule has 0 radical (unpaired) electrons. The topological polar surface area (TPSA) is 28.3 Å². The Morgan fingerprint density at radius 2 is 2.33 bits per heavy atom. The molecule has 0 saturated carbocycles. The van der Waals surface area contributed by atoms with Crippen LogP contribution in [-0.2, 0) is 11.2 Å². The number of hydrogen-bond acceptors (Lipinski definition) is 2. The highest BCUT2D eigenvalue weighted by Crippen LogP contribution is 2.43. The molecule has 1 aromatic carbocycles. The Labute approximate surface area is 114 Å². The van der Waals surface area contributed by atoms with Crippen LogP contribution >= 0.6 is 15.9 Å². The van der Waals surface area contributed by atoms with Gasteiger partial charge in [0.1, 0.15) is 0 Å². The molecule has 1 aromatic heterocycles. The summed E-state index contributed by atoms with van der Waals surface area (Å²) < 4.78 is 7.16. The van der Waals surface area contributed by atoms with E-state index in [0.717, 1.165) is 24.2 Å². The molecule has 94 valence electrons. The summed E-state index contributed by atoms with van der Waals surface area (Å²) in [6.07, 6.45) is 1.28. The molecule has 1 aliphatic heterocycles. The Morgan fingerprint density at radius 3 is 3.22 bits per heavy atom. The van der Waals surface area contributed by atoms with Crippen molar-refractivity contribution in [2.24, 2.45) is 0 Å². The number of hydrogen-bond donors (Lipinski definition) is 1. The Kier molecular flexibility index (Phi) is 2.34. The number of likely N-dealkylation sites (N-methyl/N-ethyl adjacent to an activating group) is 1. The third-order valence-electron chi connectivity index (χ3n) is 4.28. The van der Waals surface area contributed by atoms with Crippen LogP contribution in [0.4, 0.5) is 0 Å². The van der Waals surface area contributed by atoms with E-state index in [9.17, 15) is 0 Å². The zero-order chi connectivity index (χ0) is 12.3. The fourth-order valence-corrected chi connectivity index (χ4v) is 3.92. The first-order chi connectivity index (χ1) is 8.75. The maximum atomic E-state index is 6.04. The van der Waals surface area contributed by atoms with Gasteiger partial charge in [0.15, 0.2) is 0 Å². The third kappa shape index (κ3) is 1.37. The lowest BCUT2D eigenvalue weighted by molar-refractivity contribution is -0.0643. The molecule has 1 fully saturated rings. The molecule has 4 rings (SSSR count). The van der Waals surface area contributed by atoms with E-state index < -0.39 is 0 Å². The second-order valence-electron chi connectivity index (χ2n) is 5.23. The van der Waals surface area contributed by atoms with Crippen LogP contribution in [0.15, 0.2) is 22.8 Å². The number of fused-ring (bicyclic) bond motifs is 2. The van der Waals surface area contributed by atoms with Crippen LogP contribution < -0.4 is 0 Å². The maximum absolute atomic E-state index is 6.04. The summed E-state index contributed by atoms with van der Waals surface area (Å²) in [6, 6.07) is 6.93. The van der Waals surface area contributed by atoms with E-state index in [2.05, 4.69) is 51.1 Å². The molecule has 0 amide bonds. The van der Waals surface area contributed by atoms with Crippen molar-refractivity contribution in [2.45, 2.75) is 18.6 Å². The van der Waals surface area contributed by atoms with Gasteiger partial charge in [-0.2, -0.15) is 0 Å². The lowest BCUT2D eigenvalue weighted by Crippen LogP contribution is -2.47. The van der Waals surface area contributed by atoms with Crippen molar-refractivity contribution < 1.29 is 4.74 Å². The van der Waals surface area contributed by atoms with Crippen molar-refractivity contribution in [3.05, 3.63) is 33.9 Å². The predicted octanol–water partition coefficient (Wildman–Crippen LogP) is 2.86. The standard InChI is InChI=1S/C14H15BrN2O/c1-17-5-6-18-13-8-3-2-4-10-12(8)9(7-11(13)17)14(15)16-10/h2-4,11,13,16H,5-7H2,1H3. The van der Waals surface area contributed by atoms with Gasteiger partial charge in [0.05, 0.1) is 17.3 Å². The second-order valence-corrected chi connectivity index (χ2v) is 6.02. The number of benzene rings is 1. The summed E-state index contributed by atoms with van der Waals surface area (Å²) >= 11 is 3.66. The maximum Gasteiger partial charge on any atom is 0.0990 e. The van der Waals surface area contributed by atoms with Gasteiger partial charge in [-0.05, 0) is 46.6 Å². The Morgan fingerprint density at radius 1 is 1.44 bits per heavy atom. The Balaban J connectivity index is 1.98. The van der Waals surface area contributed by atoms with Crippen LogP contribution in [0, 0.1) is 0 Å². The van der Waals surface area contributed by atoms with E-state index in [1.807, 2.05) is 0 Å². The van der Waals surface area contributed by atoms with Gasteiger partial charge in [-0.3, -0.25) is 4.90 Å². The lowest BCUT2D eigenvalue weighted by Gasteiger charge is -2.42. The monoisotopic (exact) mass is 306 g/mol. The number of halogens is 1. The summed E-state index contributed by atoms with van der Waals surface area (Å²) in [6.45, 7) is 1.85. The highest BCUT2D eigenvalue weighted by Gasteiger charge is 2.37. The van der Waals surface area contributed by atoms with Crippen molar-refractivity contribution in [1.29, 1.82) is 0 Å². The fraction of sp³-hybridized carbons (Fsp3) is 0.429. The average Bonchev–Trinajstić information content (AvgIpc) is 2.69. The zero-order valence-corrected chi connectivity index (χ0v) is 11.8. The molecule has 1 saturated heterocycles. The first-order valence-electron chi connectivity index (χ1n) is 6.36. The highest BCUT2D eigenvalue weighted by atomic mass is 79.9. The number of rotatable bonds is 0. The molecular formula is C14H15BrN2O. The lowest BCUT2D eigenvalue weighted by atomic mass is 9.85. The van der Waals surface area contributed by atoms with Crippen LogP contribution in [0.5, 0.6) is 0 Å². The van der Waals surface area contributed by atoms with Crippen LogP contribution in [0.2, 0.25) is 0 Å². The molecule has 1 aliphatic carbocycles. The molecule has 0 spiro atoms. The minimum absolute atomic E-state index is 0.225. The number of morpholine rings is 1. The van der Waals surface area contributed by atoms with Gasteiger partial charge >= 0.3 is 0 Å². The molecule has 2 heterocycles. The van der Waals surface area contributed by atoms with E-state index >= 15 is 0 Å². The van der Waals surface area contributed by atoms with E-state index in [1.54, 1.807) is 0 Å². The van der Waals surface area contributed by atoms with Crippen molar-refractivity contribution >= 4 is 26.8 Å². The Bertz CT molecular complexity index is 622. The number of aromatic amines is 1. The predicted molar refractivity (Wildman–Crippen MR) is 74.8 cm³/mol. The van der Waals surface area contributed by atoms with E-state index in [1.165, 1.54) is 22.0 Å². The van der Waals surface area contributed by atoms with Crippen LogP contribution in [-0.4, -0.2) is 36.1 Å². The van der Waals surface area contributed by atoms with Gasteiger partial charge in [-0.15, -0.1) is 0 Å². The van der Waals surface area contributed by atoms with Crippen LogP contribution in [0.1, 0.15) is 17.2 Å². The smallest absolute Gasteiger partial charge is 0.0990 e. The second kappa shape index (κ2) is 3.83. The van der Waals surface area contributed by atoms with E-state index in [4.69, 9.17) is 4.74 Å². The molecule has 2 unspecified atom stereocenters. The van der Waals surface area contributed by atoms with Gasteiger partial charge in [0.25, 0.3) is 0 Å². The molecule has 1 N–H and O–H groups in total. The summed E-state index contributed by atoms with van der Waals surface area (Å²) in [4.78, 5) is 5.85. The number of ether oxygens (including phenoxy) is 1. The number of H-pyrrole nitrogens is 1. The minimum atomic E-state index is 0.225. The van der Waals surface area contributed by atoms with Crippen LogP contribution in [0.3, 0.4) is 0 Å². The SMILES string of the molecule is CN1CCOC2c3cccc4[nH]c(Br)c(c34)CC21. The minimum Gasteiger partial charge on any atom is -0.371 e. The van der Waals surface area contributed by atoms with Crippen molar-refractivity contribution in [3.63, 3.8) is 0 Å². The van der Waals surface area contributed by atoms with Gasteiger partial charge in [0.2, 0.25) is 0 Å². The molecular weight excluding hydrogens is 292 g/mol. The first kappa shape index (κ1) is 11.0. The quantitative estimate of drug-likeness (QED) is 0.810. The number of nitrogens with zero attached hydrogens (tertiary/aromatic N) is 1. The van der Waals surface area contributed by atoms with Gasteiger partial charge < -0.3 is 9.72 Å². The van der Waals surface area contributed by atoms with Gasteiger partial charge in [-0.25, -0.2) is 0 Å². The van der Waals surface area contributed by atoms with Crippen molar-refractivity contribution in [3.8, 4) is 0 Å². The third-order valence-corrected chi connectivity index (χ3v) is 4.96. The van der Waals surface area contributed by atoms with E-state index in [-0.39, 0.29) is 6.10 Å². The molecule has 4 heteroatoms. The largest absolute Gasteiger partial charge is 0.371 e. The van der Waals surface area contributed by atoms with Crippen molar-refractivity contribution in [2.75, 3.05) is 20.2 Å². The number of aromatic nitrogens is 1. The normalized spacial score (nSPS) is 27.4. The summed E-state index contributed by atoms with van der Waals surface area (Å²) in [5, 5.41) is 1.36. The molecule has 0 bridgehead atoms. The zero-order valence-electron chi connectivity index (χ0n) is 10.2. The fourth-order valence-electron chi connectivity index (χ4n) is 3.34. The summed E-state index contributed by atoms with van der Waals surface area (Å²) in [5.74, 6) is 0. The molecule has 2 atom stereocenters. The van der Waals surface area contributed by atoms with E-state index in [0.29, 0.717) is 6.04 Å². The molecule has 2 aliphatic rings. The first-order valence-corrected chi connectivity index (χ1v) is 7.16. The van der Waals surface area contributed by atoms with Crippen LogP contribution in [0.25, 0.3) is 10.9 Å². The molecule has 18 heavy (non-hydrogen) atoms. The van der Waals surface area contributed by atoms with Crippen molar-refractivity contribution in [1.82, 2.24) is 9.88 Å². The summed E-state index contributed by atoms with van der Waals surface area (Å²) in [7, 11) is 2.20. The Hall–Kier alpha value is -0.840. The van der Waals surface area contributed by atoms with Gasteiger partial charge in [0, 0.05) is 23.5 Å². The molecule has 2 aromatic rings. The summed E-state index contributed by atoms with van der Waals surface area (Å²) in [5.41, 5.74) is 3.95.